The van der Waals surface area contributed by atoms with Crippen molar-refractivity contribution in [2.45, 2.75) is 25.4 Å². The van der Waals surface area contributed by atoms with Crippen LogP contribution in [0, 0.1) is 5.92 Å². The highest BCUT2D eigenvalue weighted by Crippen LogP contribution is 2.27. The lowest BCUT2D eigenvalue weighted by molar-refractivity contribution is 0.107. The molecule has 2 nitrogen and oxygen atoms in total. The van der Waals surface area contributed by atoms with Crippen molar-refractivity contribution in [3.63, 3.8) is 0 Å². The minimum Gasteiger partial charge on any atom is -0.387 e. The molecule has 3 rings (SSSR count). The quantitative estimate of drug-likeness (QED) is 0.896. The highest BCUT2D eigenvalue weighted by Gasteiger charge is 2.20. The number of likely N-dealkylation sites (N-methyl/N-ethyl adjacent to an activating group) is 1. The molecule has 0 radical (unpaired) electrons. The van der Waals surface area contributed by atoms with Gasteiger partial charge in [0, 0.05) is 13.1 Å². The molecule has 2 aromatic rings. The Morgan fingerprint density at radius 1 is 1.15 bits per heavy atom. The predicted molar refractivity (Wildman–Crippen MR) is 83.7 cm³/mol. The Hall–Kier alpha value is -1.38. The SMILES string of the molecule is CN(CC1CCC1)CC(O)c1ccc2ccccc2c1. The van der Waals surface area contributed by atoms with Gasteiger partial charge in [0.15, 0.2) is 0 Å². The maximum Gasteiger partial charge on any atom is 0.0917 e. The van der Waals surface area contributed by atoms with Gasteiger partial charge in [-0.05, 0) is 48.2 Å². The number of hydrogen-bond acceptors (Lipinski definition) is 2. The summed E-state index contributed by atoms with van der Waals surface area (Å²) in [5.74, 6) is 0.851. The summed E-state index contributed by atoms with van der Waals surface area (Å²) in [6.07, 6.45) is 3.70. The van der Waals surface area contributed by atoms with Gasteiger partial charge in [-0.25, -0.2) is 0 Å². The van der Waals surface area contributed by atoms with Gasteiger partial charge in [0.2, 0.25) is 0 Å². The van der Waals surface area contributed by atoms with E-state index in [1.165, 1.54) is 30.0 Å². The van der Waals surface area contributed by atoms with E-state index in [2.05, 4.69) is 36.2 Å². The number of aliphatic hydroxyl groups excluding tert-OH is 1. The summed E-state index contributed by atoms with van der Waals surface area (Å²) in [5.41, 5.74) is 1.02. The van der Waals surface area contributed by atoms with E-state index in [0.29, 0.717) is 0 Å². The Labute approximate surface area is 121 Å². The van der Waals surface area contributed by atoms with Crippen LogP contribution in [0.25, 0.3) is 10.8 Å². The molecule has 2 aromatic carbocycles. The molecule has 0 bridgehead atoms. The molecule has 0 aromatic heterocycles. The van der Waals surface area contributed by atoms with Gasteiger partial charge in [-0.2, -0.15) is 0 Å². The fraction of sp³-hybridized carbons (Fsp3) is 0.444. The Bertz CT molecular complexity index is 576. The molecule has 1 fully saturated rings. The molecule has 2 heteroatoms. The highest BCUT2D eigenvalue weighted by atomic mass is 16.3. The molecule has 20 heavy (non-hydrogen) atoms. The molecule has 1 saturated carbocycles. The summed E-state index contributed by atoms with van der Waals surface area (Å²) >= 11 is 0. The lowest BCUT2D eigenvalue weighted by atomic mass is 9.85. The summed E-state index contributed by atoms with van der Waals surface area (Å²) in [7, 11) is 2.11. The van der Waals surface area contributed by atoms with E-state index in [-0.39, 0.29) is 0 Å². The van der Waals surface area contributed by atoms with Crippen LogP contribution in [0.15, 0.2) is 42.5 Å². The van der Waals surface area contributed by atoms with Crippen molar-refractivity contribution in [2.75, 3.05) is 20.1 Å². The zero-order chi connectivity index (χ0) is 13.9. The molecule has 0 amide bonds. The lowest BCUT2D eigenvalue weighted by Gasteiger charge is -2.31. The topological polar surface area (TPSA) is 23.5 Å². The van der Waals surface area contributed by atoms with Crippen LogP contribution < -0.4 is 0 Å². The second-order valence-corrected chi connectivity index (χ2v) is 6.14. The summed E-state index contributed by atoms with van der Waals surface area (Å²) in [4.78, 5) is 2.27. The average molecular weight is 269 g/mol. The molecule has 1 N–H and O–H groups in total. The minimum atomic E-state index is -0.398. The van der Waals surface area contributed by atoms with Crippen LogP contribution in [0.4, 0.5) is 0 Å². The standard InChI is InChI=1S/C18H23NO/c1-19(12-14-5-4-6-14)13-18(20)17-10-9-15-7-2-3-8-16(15)11-17/h2-3,7-11,14,18,20H,4-6,12-13H2,1H3. The Kier molecular flexibility index (Phi) is 4.04. The Morgan fingerprint density at radius 2 is 1.90 bits per heavy atom. The van der Waals surface area contributed by atoms with Crippen molar-refractivity contribution in [1.82, 2.24) is 4.90 Å². The number of rotatable bonds is 5. The number of hydrogen-bond donors (Lipinski definition) is 1. The number of fused-ring (bicyclic) bond motifs is 1. The molecule has 1 aliphatic rings. The molecule has 1 atom stereocenters. The molecule has 1 aliphatic carbocycles. The van der Waals surface area contributed by atoms with Crippen molar-refractivity contribution in [3.8, 4) is 0 Å². The molecule has 0 saturated heterocycles. The van der Waals surface area contributed by atoms with Crippen molar-refractivity contribution in [1.29, 1.82) is 0 Å². The van der Waals surface area contributed by atoms with E-state index in [4.69, 9.17) is 0 Å². The van der Waals surface area contributed by atoms with E-state index >= 15 is 0 Å². The van der Waals surface area contributed by atoms with Crippen LogP contribution in [0.3, 0.4) is 0 Å². The van der Waals surface area contributed by atoms with Crippen molar-refractivity contribution >= 4 is 10.8 Å². The normalized spacial score (nSPS) is 17.4. The second kappa shape index (κ2) is 5.94. The smallest absolute Gasteiger partial charge is 0.0917 e. The molecule has 0 heterocycles. The number of nitrogens with zero attached hydrogens (tertiary/aromatic N) is 1. The maximum absolute atomic E-state index is 10.4. The van der Waals surface area contributed by atoms with Gasteiger partial charge in [-0.3, -0.25) is 0 Å². The first-order valence-corrected chi connectivity index (χ1v) is 7.57. The number of aliphatic hydroxyl groups is 1. The molecule has 1 unspecified atom stereocenters. The monoisotopic (exact) mass is 269 g/mol. The van der Waals surface area contributed by atoms with Gasteiger partial charge in [0.25, 0.3) is 0 Å². The van der Waals surface area contributed by atoms with Gasteiger partial charge in [-0.15, -0.1) is 0 Å². The first kappa shape index (κ1) is 13.6. The summed E-state index contributed by atoms with van der Waals surface area (Å²) in [6.45, 7) is 1.83. The Morgan fingerprint density at radius 3 is 2.60 bits per heavy atom. The zero-order valence-corrected chi connectivity index (χ0v) is 12.1. The molecular weight excluding hydrogens is 246 g/mol. The zero-order valence-electron chi connectivity index (χ0n) is 12.1. The second-order valence-electron chi connectivity index (χ2n) is 6.14. The van der Waals surface area contributed by atoms with Gasteiger partial charge >= 0.3 is 0 Å². The van der Waals surface area contributed by atoms with Gasteiger partial charge in [0.05, 0.1) is 6.10 Å². The van der Waals surface area contributed by atoms with Crippen LogP contribution in [-0.2, 0) is 0 Å². The van der Waals surface area contributed by atoms with Crippen molar-refractivity contribution < 1.29 is 5.11 Å². The van der Waals surface area contributed by atoms with E-state index in [1.54, 1.807) is 0 Å². The van der Waals surface area contributed by atoms with Crippen LogP contribution in [0.2, 0.25) is 0 Å². The summed E-state index contributed by atoms with van der Waals surface area (Å²) < 4.78 is 0. The van der Waals surface area contributed by atoms with Crippen molar-refractivity contribution in [2.24, 2.45) is 5.92 Å². The minimum absolute atomic E-state index is 0.398. The molecule has 0 spiro atoms. The Balaban J connectivity index is 1.66. The molecular formula is C18H23NO. The average Bonchev–Trinajstić information content (AvgIpc) is 2.42. The van der Waals surface area contributed by atoms with Gasteiger partial charge in [-0.1, -0.05) is 42.8 Å². The van der Waals surface area contributed by atoms with E-state index < -0.39 is 6.10 Å². The van der Waals surface area contributed by atoms with Crippen LogP contribution in [0.5, 0.6) is 0 Å². The van der Waals surface area contributed by atoms with Gasteiger partial charge in [0.1, 0.15) is 0 Å². The predicted octanol–water partition coefficient (Wildman–Crippen LogP) is 3.61. The fourth-order valence-corrected chi connectivity index (χ4v) is 3.01. The molecule has 0 aliphatic heterocycles. The summed E-state index contributed by atoms with van der Waals surface area (Å²) in [5, 5.41) is 12.8. The van der Waals surface area contributed by atoms with E-state index in [9.17, 15) is 5.11 Å². The first-order chi connectivity index (χ1) is 9.72. The maximum atomic E-state index is 10.4. The third-order valence-corrected chi connectivity index (χ3v) is 4.44. The van der Waals surface area contributed by atoms with Crippen LogP contribution in [0.1, 0.15) is 30.9 Å². The third kappa shape index (κ3) is 3.02. The highest BCUT2D eigenvalue weighted by molar-refractivity contribution is 5.83. The van der Waals surface area contributed by atoms with Crippen LogP contribution in [-0.4, -0.2) is 30.1 Å². The van der Waals surface area contributed by atoms with E-state index in [0.717, 1.165) is 24.6 Å². The van der Waals surface area contributed by atoms with Crippen molar-refractivity contribution in [3.05, 3.63) is 48.0 Å². The van der Waals surface area contributed by atoms with E-state index in [1.807, 2.05) is 18.2 Å². The largest absolute Gasteiger partial charge is 0.387 e. The molecule has 106 valence electrons. The lowest BCUT2D eigenvalue weighted by Crippen LogP contribution is -2.32. The number of benzene rings is 2. The van der Waals surface area contributed by atoms with Gasteiger partial charge < -0.3 is 10.0 Å². The first-order valence-electron chi connectivity index (χ1n) is 7.57. The summed E-state index contributed by atoms with van der Waals surface area (Å²) in [6, 6.07) is 14.5. The third-order valence-electron chi connectivity index (χ3n) is 4.44. The fourth-order valence-electron chi connectivity index (χ4n) is 3.01. The van der Waals surface area contributed by atoms with Crippen LogP contribution >= 0.6 is 0 Å².